The van der Waals surface area contributed by atoms with Crippen LogP contribution in [0.25, 0.3) is 22.9 Å². The standard InChI is InChI=1S/C37H42F3N9O6.C32H34F3N9O4/c1-6-25-30(45-16-18-46(19-17-45)32(52)29-27(50)11-9-14-41-29)33(53)49-34(43-31(44-49)26-10-7-8-15-47(26)35(54)55-36(3,4)5)48(25)21-28(51)42-24-13-12-23(20-22(24)2)37(38,39)40;1-3-23-27(41-13-15-42(16-14-41)29(47)26-24(45)8-6-12-37-26)30(48)44-31(39-28(40-44)22-7-4-5-11-36-22)43(23)18-25(46)38-21-10-9-20(17-19(21)2)32(33,34)35/h9-14,20,50H,6-8,15-19,21H2,1-5H3,(H,42,51);6-10,12,17,36,45H,3-5,11,13-16,18H2,1-2H3,(H,38,46). The Labute approximate surface area is 584 Å². The molecule has 5 amide bonds. The number of pyridine rings is 2. The first-order valence-electron chi connectivity index (χ1n) is 33.4. The summed E-state index contributed by atoms with van der Waals surface area (Å²) >= 11 is 0. The maximum Gasteiger partial charge on any atom is 0.416 e. The van der Waals surface area contributed by atoms with Gasteiger partial charge in [0.15, 0.2) is 23.0 Å². The highest BCUT2D eigenvalue weighted by molar-refractivity contribution is 5.96. The Kier molecular flexibility index (Phi) is 21.0. The highest BCUT2D eigenvalue weighted by Crippen LogP contribution is 2.35. The van der Waals surface area contributed by atoms with Gasteiger partial charge in [0.2, 0.25) is 23.4 Å². The van der Waals surface area contributed by atoms with Gasteiger partial charge in [-0.3, -0.25) is 33.7 Å². The number of benzene rings is 2. The first-order valence-corrected chi connectivity index (χ1v) is 33.4. The van der Waals surface area contributed by atoms with Gasteiger partial charge in [0.1, 0.15) is 41.6 Å². The van der Waals surface area contributed by atoms with E-state index in [0.29, 0.717) is 66.6 Å². The molecule has 0 radical (unpaired) electrons. The molecule has 2 aromatic carbocycles. The van der Waals surface area contributed by atoms with Crippen molar-refractivity contribution in [3.05, 3.63) is 163 Å². The van der Waals surface area contributed by atoms with Gasteiger partial charge in [-0.1, -0.05) is 26.0 Å². The molecule has 0 saturated carbocycles. The molecule has 0 unspecified atom stereocenters. The van der Waals surface area contributed by atoms with E-state index in [1.165, 1.54) is 81.5 Å². The van der Waals surface area contributed by atoms with Gasteiger partial charge in [-0.25, -0.2) is 14.8 Å². The Balaban J connectivity index is 0.000000208. The maximum absolute atomic E-state index is 14.4. The summed E-state index contributed by atoms with van der Waals surface area (Å²) < 4.78 is 90.7. The van der Waals surface area contributed by atoms with Gasteiger partial charge in [-0.2, -0.15) is 45.3 Å². The molecule has 10 heterocycles. The summed E-state index contributed by atoms with van der Waals surface area (Å²) in [6.07, 6.45) is 0.472. The number of amides is 5. The molecule has 4 aliphatic heterocycles. The summed E-state index contributed by atoms with van der Waals surface area (Å²) in [5.74, 6) is -2.00. The van der Waals surface area contributed by atoms with Gasteiger partial charge < -0.3 is 59.6 Å². The fourth-order valence-corrected chi connectivity index (χ4v) is 12.6. The third kappa shape index (κ3) is 15.8. The van der Waals surface area contributed by atoms with Crippen molar-refractivity contribution in [3.63, 3.8) is 0 Å². The van der Waals surface area contributed by atoms with Gasteiger partial charge in [-0.15, -0.1) is 10.2 Å². The summed E-state index contributed by atoms with van der Waals surface area (Å²) in [6, 6.07) is 11.9. The largest absolute Gasteiger partial charge is 0.505 e. The van der Waals surface area contributed by atoms with Crippen molar-refractivity contribution < 1.29 is 65.3 Å². The molecule has 6 aromatic heterocycles. The van der Waals surface area contributed by atoms with Gasteiger partial charge in [0, 0.05) is 89.2 Å². The van der Waals surface area contributed by atoms with Crippen molar-refractivity contribution in [3.8, 4) is 11.5 Å². The van der Waals surface area contributed by atoms with E-state index in [4.69, 9.17) is 9.72 Å². The Hall–Kier alpha value is -11.4. The highest BCUT2D eigenvalue weighted by atomic mass is 19.4. The summed E-state index contributed by atoms with van der Waals surface area (Å²) in [4.78, 5) is 121. The van der Waals surface area contributed by atoms with Gasteiger partial charge >= 0.3 is 18.4 Å². The van der Waals surface area contributed by atoms with Crippen LogP contribution in [-0.4, -0.2) is 174 Å². The minimum Gasteiger partial charge on any atom is -0.505 e. The summed E-state index contributed by atoms with van der Waals surface area (Å²) in [5, 5.41) is 38.1. The van der Waals surface area contributed by atoms with E-state index < -0.39 is 76.5 Å². The SMILES string of the molecule is CCc1c(N2CCN(C(=O)c3ncccc3O)CC2)c(=O)n2nc(C3=CCCCN3)nc2n1CC(=O)Nc1ccc(C(F)(F)F)cc1C.CCc1c(N2CCN(C(=O)c3ncccc3O)CC2)c(=O)n2nc(C3=CCCCN3C(=O)OC(C)(C)C)nc2n1CC(=O)Nc1ccc(C(F)(F)F)cc1C. The van der Waals surface area contributed by atoms with Crippen molar-refractivity contribution in [2.45, 2.75) is 118 Å². The molecule has 2 saturated heterocycles. The molecule has 12 rings (SSSR count). The van der Waals surface area contributed by atoms with E-state index in [9.17, 15) is 70.1 Å². The first kappa shape index (κ1) is 72.9. The lowest BCUT2D eigenvalue weighted by Crippen LogP contribution is -2.51. The molecule has 0 spiro atoms. The van der Waals surface area contributed by atoms with Gasteiger partial charge in [0.25, 0.3) is 22.9 Å². The number of alkyl halides is 6. The topological polar surface area (TPSA) is 317 Å². The number of halogens is 6. The minimum atomic E-state index is -4.56. The van der Waals surface area contributed by atoms with E-state index in [0.717, 1.165) is 41.6 Å². The number of aromatic hydroxyl groups is 2. The molecule has 0 aliphatic carbocycles. The fraction of sp³-hybridized carbons (Fsp3) is 0.406. The third-order valence-corrected chi connectivity index (χ3v) is 17.7. The molecule has 544 valence electrons. The monoisotopic (exact) mass is 1430 g/mol. The maximum atomic E-state index is 14.4. The Morgan fingerprint density at radius 2 is 1.04 bits per heavy atom. The number of rotatable bonds is 14. The van der Waals surface area contributed by atoms with Crippen LogP contribution >= 0.6 is 0 Å². The summed E-state index contributed by atoms with van der Waals surface area (Å²) in [6.45, 7) is 14.0. The Bertz CT molecular complexity index is 4810. The first-order chi connectivity index (χ1) is 48.9. The van der Waals surface area contributed by atoms with Crippen LogP contribution in [0.4, 0.5) is 53.9 Å². The number of fused-ring (bicyclic) bond motifs is 2. The number of ether oxygens (including phenoxy) is 1. The van der Waals surface area contributed by atoms with E-state index in [-0.39, 0.29) is 134 Å². The van der Waals surface area contributed by atoms with Crippen LogP contribution in [0.15, 0.2) is 94.8 Å². The van der Waals surface area contributed by atoms with Crippen LogP contribution < -0.4 is 36.9 Å². The zero-order chi connectivity index (χ0) is 74.0. The number of aryl methyl sites for hydroxylation is 2. The molecule has 34 heteroatoms. The van der Waals surface area contributed by atoms with Crippen LogP contribution in [0.1, 0.15) is 127 Å². The number of allylic oxidation sites excluding steroid dienone is 2. The van der Waals surface area contributed by atoms with E-state index >= 15 is 0 Å². The second kappa shape index (κ2) is 29.7. The molecule has 0 bridgehead atoms. The number of anilines is 4. The lowest BCUT2D eigenvalue weighted by molar-refractivity contribution is -0.138. The quantitative estimate of drug-likeness (QED) is 0.0643. The average Bonchev–Trinajstić information content (AvgIpc) is 1.65. The van der Waals surface area contributed by atoms with Gasteiger partial charge in [-0.05, 0) is 145 Å². The number of aromatic nitrogens is 10. The highest BCUT2D eigenvalue weighted by Gasteiger charge is 2.37. The van der Waals surface area contributed by atoms with Crippen molar-refractivity contribution in [2.75, 3.05) is 85.9 Å². The predicted molar refractivity (Wildman–Crippen MR) is 366 cm³/mol. The summed E-state index contributed by atoms with van der Waals surface area (Å²) in [7, 11) is 0. The van der Waals surface area contributed by atoms with E-state index in [1.54, 1.807) is 48.1 Å². The number of hydrogen-bond donors (Lipinski definition) is 5. The van der Waals surface area contributed by atoms with Crippen LogP contribution in [0, 0.1) is 13.8 Å². The zero-order valence-electron chi connectivity index (χ0n) is 57.4. The molecule has 0 atom stereocenters. The lowest BCUT2D eigenvalue weighted by Gasteiger charge is -2.36. The Morgan fingerprint density at radius 1 is 0.592 bits per heavy atom. The zero-order valence-corrected chi connectivity index (χ0v) is 57.4. The summed E-state index contributed by atoms with van der Waals surface area (Å²) in [5.41, 5.74) is -0.254. The Morgan fingerprint density at radius 3 is 1.45 bits per heavy atom. The molecular formula is C69H76F6N18O10. The molecule has 28 nitrogen and oxygen atoms in total. The molecule has 5 N–H and O–H groups in total. The lowest BCUT2D eigenvalue weighted by atomic mass is 10.1. The third-order valence-electron chi connectivity index (χ3n) is 17.7. The predicted octanol–water partition coefficient (Wildman–Crippen LogP) is 8.06. The van der Waals surface area contributed by atoms with Crippen LogP contribution in [0.5, 0.6) is 11.5 Å². The number of carbonyl (C=O) groups is 5. The second-order valence-electron chi connectivity index (χ2n) is 25.9. The van der Waals surface area contributed by atoms with Crippen molar-refractivity contribution in [2.24, 2.45) is 0 Å². The average molecular weight is 1430 g/mol. The molecule has 2 fully saturated rings. The second-order valence-corrected chi connectivity index (χ2v) is 25.9. The van der Waals surface area contributed by atoms with Crippen molar-refractivity contribution in [1.82, 2.24) is 68.3 Å². The van der Waals surface area contributed by atoms with Crippen molar-refractivity contribution >= 4 is 75.4 Å². The molecule has 4 aliphatic rings. The van der Waals surface area contributed by atoms with Crippen molar-refractivity contribution in [1.29, 1.82) is 0 Å². The number of nitrogens with one attached hydrogen (secondary N) is 3. The normalized spacial score (nSPS) is 15.3. The number of carbonyl (C=O) groups excluding carboxylic acids is 5. The van der Waals surface area contributed by atoms with Crippen LogP contribution in [-0.2, 0) is 52.6 Å². The van der Waals surface area contributed by atoms with E-state index in [1.807, 2.05) is 17.9 Å². The molecule has 103 heavy (non-hydrogen) atoms. The van der Waals surface area contributed by atoms with Crippen LogP contribution in [0.2, 0.25) is 0 Å². The minimum absolute atomic E-state index is 0.00921. The fourth-order valence-electron chi connectivity index (χ4n) is 12.6. The number of piperazine rings is 2. The molecule has 8 aromatic rings. The van der Waals surface area contributed by atoms with Gasteiger partial charge in [0.05, 0.1) is 33.9 Å². The number of nitrogens with zero attached hydrogens (tertiary/aromatic N) is 15. The van der Waals surface area contributed by atoms with Crippen LogP contribution in [0.3, 0.4) is 0 Å². The van der Waals surface area contributed by atoms with E-state index in [2.05, 4.69) is 41.1 Å². The number of hydrogen-bond acceptors (Lipinski definition) is 19. The molecular weight excluding hydrogens is 1350 g/mol. The smallest absolute Gasteiger partial charge is 0.416 e.